The van der Waals surface area contributed by atoms with E-state index in [-0.39, 0.29) is 19.6 Å². The maximum absolute atomic E-state index is 13.3. The van der Waals surface area contributed by atoms with Crippen LogP contribution in [0.1, 0.15) is 6.42 Å². The molecule has 0 fully saturated rings. The van der Waals surface area contributed by atoms with Gasteiger partial charge in [-0.2, -0.15) is 0 Å². The Morgan fingerprint density at radius 2 is 2.11 bits per heavy atom. The monoisotopic (exact) mass is 295 g/mol. The highest BCUT2D eigenvalue weighted by Crippen LogP contribution is 2.15. The van der Waals surface area contributed by atoms with Crippen LogP contribution in [0, 0.1) is 11.6 Å². The summed E-state index contributed by atoms with van der Waals surface area (Å²) in [7, 11) is -2.66. The van der Waals surface area contributed by atoms with Gasteiger partial charge >= 0.3 is 0 Å². The van der Waals surface area contributed by atoms with Crippen LogP contribution < -0.4 is 4.72 Å². The summed E-state index contributed by atoms with van der Waals surface area (Å²) in [6.07, 6.45) is -0.693. The minimum atomic E-state index is -4.06. The Kier molecular flexibility index (Phi) is 5.80. The highest BCUT2D eigenvalue weighted by atomic mass is 32.2. The van der Waals surface area contributed by atoms with Crippen LogP contribution >= 0.6 is 0 Å². The number of nitrogens with one attached hydrogen (secondary N) is 1. The van der Waals surface area contributed by atoms with Crippen molar-refractivity contribution in [3.05, 3.63) is 29.8 Å². The highest BCUT2D eigenvalue weighted by molar-refractivity contribution is 7.89. The maximum Gasteiger partial charge on any atom is 0.243 e. The number of halogens is 2. The molecule has 0 aromatic heterocycles. The molecule has 0 amide bonds. The zero-order valence-electron chi connectivity index (χ0n) is 10.3. The van der Waals surface area contributed by atoms with Crippen molar-refractivity contribution in [3.8, 4) is 0 Å². The van der Waals surface area contributed by atoms with E-state index >= 15 is 0 Å². The van der Waals surface area contributed by atoms with Crippen LogP contribution in [0.3, 0.4) is 0 Å². The number of hydrogen-bond acceptors (Lipinski definition) is 4. The quantitative estimate of drug-likeness (QED) is 0.774. The van der Waals surface area contributed by atoms with Gasteiger partial charge in [-0.05, 0) is 18.6 Å². The Bertz CT molecular complexity index is 521. The molecule has 1 aromatic carbocycles. The molecule has 0 radical (unpaired) electrons. The van der Waals surface area contributed by atoms with E-state index in [1.165, 1.54) is 7.11 Å². The second-order valence-electron chi connectivity index (χ2n) is 3.87. The van der Waals surface area contributed by atoms with Gasteiger partial charge in [0.25, 0.3) is 0 Å². The standard InChI is InChI=1S/C11H15F2NO4S/c1-18-7-9(15)4-5-14-19(16,17)11-3-2-8(12)6-10(11)13/h2-3,6,9,14-15H,4-5,7H2,1H3. The summed E-state index contributed by atoms with van der Waals surface area (Å²) in [6, 6.07) is 2.20. The summed E-state index contributed by atoms with van der Waals surface area (Å²) in [4.78, 5) is -0.630. The molecule has 0 aliphatic heterocycles. The van der Waals surface area contributed by atoms with Crippen LogP contribution in [0.4, 0.5) is 8.78 Å². The van der Waals surface area contributed by atoms with Crippen molar-refractivity contribution in [1.29, 1.82) is 0 Å². The first-order valence-corrected chi connectivity index (χ1v) is 6.97. The average molecular weight is 295 g/mol. The van der Waals surface area contributed by atoms with Crippen molar-refractivity contribution in [1.82, 2.24) is 4.72 Å². The summed E-state index contributed by atoms with van der Waals surface area (Å²) >= 11 is 0. The lowest BCUT2D eigenvalue weighted by Crippen LogP contribution is -2.29. The lowest BCUT2D eigenvalue weighted by molar-refractivity contribution is 0.0603. The fourth-order valence-corrected chi connectivity index (χ4v) is 2.51. The number of aliphatic hydroxyl groups excluding tert-OH is 1. The zero-order valence-corrected chi connectivity index (χ0v) is 11.1. The summed E-state index contributed by atoms with van der Waals surface area (Å²) in [5, 5.41) is 9.32. The molecule has 0 heterocycles. The average Bonchev–Trinajstić information content (AvgIpc) is 2.28. The second-order valence-corrected chi connectivity index (χ2v) is 5.61. The van der Waals surface area contributed by atoms with E-state index < -0.39 is 32.7 Å². The molecule has 0 saturated heterocycles. The van der Waals surface area contributed by atoms with Gasteiger partial charge in [0.05, 0.1) is 12.7 Å². The minimum Gasteiger partial charge on any atom is -0.391 e. The van der Waals surface area contributed by atoms with E-state index in [1.807, 2.05) is 0 Å². The van der Waals surface area contributed by atoms with Gasteiger partial charge in [-0.3, -0.25) is 0 Å². The van der Waals surface area contributed by atoms with Crippen molar-refractivity contribution >= 4 is 10.0 Å². The molecule has 1 aromatic rings. The zero-order chi connectivity index (χ0) is 14.5. The molecule has 1 rings (SSSR count). The number of methoxy groups -OCH3 is 1. The van der Waals surface area contributed by atoms with E-state index in [1.54, 1.807) is 0 Å². The van der Waals surface area contributed by atoms with Gasteiger partial charge in [0.1, 0.15) is 16.5 Å². The summed E-state index contributed by atoms with van der Waals surface area (Å²) in [6.45, 7) is -0.00366. The predicted molar refractivity (Wildman–Crippen MR) is 64.0 cm³/mol. The summed E-state index contributed by atoms with van der Waals surface area (Å²) in [5.74, 6) is -2.02. The number of rotatable bonds is 7. The van der Waals surface area contributed by atoms with Gasteiger partial charge in [-0.1, -0.05) is 0 Å². The third kappa shape index (κ3) is 4.83. The van der Waals surface area contributed by atoms with Gasteiger partial charge in [-0.25, -0.2) is 21.9 Å². The second kappa shape index (κ2) is 6.90. The van der Waals surface area contributed by atoms with Gasteiger partial charge in [0.15, 0.2) is 0 Å². The molecule has 1 atom stereocenters. The van der Waals surface area contributed by atoms with Crippen molar-refractivity contribution < 1.29 is 27.0 Å². The van der Waals surface area contributed by atoms with Crippen molar-refractivity contribution in [2.45, 2.75) is 17.4 Å². The highest BCUT2D eigenvalue weighted by Gasteiger charge is 2.19. The van der Waals surface area contributed by atoms with E-state index in [4.69, 9.17) is 0 Å². The molecule has 19 heavy (non-hydrogen) atoms. The minimum absolute atomic E-state index is 0.0760. The number of aliphatic hydroxyl groups is 1. The third-order valence-electron chi connectivity index (χ3n) is 2.31. The lowest BCUT2D eigenvalue weighted by atomic mass is 10.3. The Morgan fingerprint density at radius 3 is 2.68 bits per heavy atom. The van der Waals surface area contributed by atoms with Crippen LogP contribution in [-0.2, 0) is 14.8 Å². The molecule has 0 aliphatic carbocycles. The van der Waals surface area contributed by atoms with Gasteiger partial charge < -0.3 is 9.84 Å². The number of hydrogen-bond donors (Lipinski definition) is 2. The van der Waals surface area contributed by atoms with E-state index in [0.717, 1.165) is 12.1 Å². The van der Waals surface area contributed by atoms with Crippen LogP contribution in [0.5, 0.6) is 0 Å². The summed E-state index contributed by atoms with van der Waals surface area (Å²) in [5.41, 5.74) is 0. The van der Waals surface area contributed by atoms with E-state index in [2.05, 4.69) is 9.46 Å². The molecule has 5 nitrogen and oxygen atoms in total. The smallest absolute Gasteiger partial charge is 0.243 e. The van der Waals surface area contributed by atoms with Crippen molar-refractivity contribution in [3.63, 3.8) is 0 Å². The lowest BCUT2D eigenvalue weighted by Gasteiger charge is -2.11. The van der Waals surface area contributed by atoms with Crippen LogP contribution in [0.2, 0.25) is 0 Å². The normalized spacial score (nSPS) is 13.5. The SMILES string of the molecule is COCC(O)CCNS(=O)(=O)c1ccc(F)cc1F. The van der Waals surface area contributed by atoms with Crippen molar-refractivity contribution in [2.75, 3.05) is 20.3 Å². The van der Waals surface area contributed by atoms with Gasteiger partial charge in [-0.15, -0.1) is 0 Å². The van der Waals surface area contributed by atoms with E-state index in [9.17, 15) is 22.3 Å². The summed E-state index contributed by atoms with van der Waals surface area (Å²) < 4.78 is 56.2. The topological polar surface area (TPSA) is 75.6 Å². The van der Waals surface area contributed by atoms with Gasteiger partial charge in [0.2, 0.25) is 10.0 Å². The molecule has 8 heteroatoms. The molecule has 1 unspecified atom stereocenters. The number of sulfonamides is 1. The fraction of sp³-hybridized carbons (Fsp3) is 0.455. The molecule has 0 aliphatic rings. The molecule has 0 spiro atoms. The first kappa shape index (κ1) is 16.0. The molecule has 2 N–H and O–H groups in total. The van der Waals surface area contributed by atoms with Crippen LogP contribution in [0.15, 0.2) is 23.1 Å². The molecular formula is C11H15F2NO4S. The first-order chi connectivity index (χ1) is 8.86. The number of benzene rings is 1. The largest absolute Gasteiger partial charge is 0.391 e. The molecular weight excluding hydrogens is 280 g/mol. The Labute approximate surface area is 110 Å². The Hall–Kier alpha value is -1.09. The number of ether oxygens (including phenoxy) is 1. The molecule has 0 bridgehead atoms. The van der Waals surface area contributed by atoms with Crippen LogP contribution in [-0.4, -0.2) is 39.9 Å². The third-order valence-corrected chi connectivity index (χ3v) is 3.81. The van der Waals surface area contributed by atoms with Crippen LogP contribution in [0.25, 0.3) is 0 Å². The Morgan fingerprint density at radius 1 is 1.42 bits per heavy atom. The molecule has 0 saturated carbocycles. The van der Waals surface area contributed by atoms with Gasteiger partial charge in [0, 0.05) is 19.7 Å². The molecule has 108 valence electrons. The maximum atomic E-state index is 13.3. The van der Waals surface area contributed by atoms with Crippen molar-refractivity contribution in [2.24, 2.45) is 0 Å². The Balaban J connectivity index is 2.66. The first-order valence-electron chi connectivity index (χ1n) is 5.48. The van der Waals surface area contributed by atoms with E-state index in [0.29, 0.717) is 6.07 Å². The fourth-order valence-electron chi connectivity index (χ4n) is 1.41. The predicted octanol–water partition coefficient (Wildman–Crippen LogP) is 0.641.